The van der Waals surface area contributed by atoms with Crippen molar-refractivity contribution >= 4 is 0 Å². The lowest BCUT2D eigenvalue weighted by Gasteiger charge is -2.23. The van der Waals surface area contributed by atoms with Crippen LogP contribution in [0.2, 0.25) is 0 Å². The Morgan fingerprint density at radius 2 is 1.85 bits per heavy atom. The first-order valence-electron chi connectivity index (χ1n) is 6.71. The maximum absolute atomic E-state index is 5.99. The van der Waals surface area contributed by atoms with E-state index in [0.29, 0.717) is 18.1 Å². The van der Waals surface area contributed by atoms with Crippen molar-refractivity contribution in [2.45, 2.75) is 39.7 Å². The summed E-state index contributed by atoms with van der Waals surface area (Å²) in [5.41, 5.74) is 8.61. The molecule has 2 N–H and O–H groups in total. The molecule has 0 bridgehead atoms. The monoisotopic (exact) mass is 271 g/mol. The predicted molar refractivity (Wildman–Crippen MR) is 79.9 cm³/mol. The molecule has 0 aliphatic heterocycles. The lowest BCUT2D eigenvalue weighted by atomic mass is 9.86. The molecule has 0 atom stereocenters. The number of hydrogen-bond acceptors (Lipinski definition) is 4. The first kappa shape index (κ1) is 14.5. The summed E-state index contributed by atoms with van der Waals surface area (Å²) >= 11 is 0. The van der Waals surface area contributed by atoms with Gasteiger partial charge in [0.05, 0.1) is 0 Å². The van der Waals surface area contributed by atoms with E-state index in [-0.39, 0.29) is 5.41 Å². The Morgan fingerprint density at radius 1 is 1.15 bits per heavy atom. The Bertz CT molecular complexity index is 603. The summed E-state index contributed by atoms with van der Waals surface area (Å²) in [5, 5.41) is 0. The second-order valence-corrected chi connectivity index (χ2v) is 5.86. The van der Waals surface area contributed by atoms with E-state index in [9.17, 15) is 0 Å². The normalized spacial score (nSPS) is 11.4. The summed E-state index contributed by atoms with van der Waals surface area (Å²) < 4.78 is 5.99. The highest BCUT2D eigenvalue weighted by molar-refractivity contribution is 5.43. The second-order valence-electron chi connectivity index (χ2n) is 5.86. The molecule has 0 spiro atoms. The van der Waals surface area contributed by atoms with Crippen molar-refractivity contribution in [1.82, 2.24) is 9.97 Å². The van der Waals surface area contributed by atoms with Crippen molar-refractivity contribution in [3.8, 4) is 11.6 Å². The molecule has 0 fully saturated rings. The zero-order valence-corrected chi connectivity index (χ0v) is 12.5. The minimum absolute atomic E-state index is 0.00583. The quantitative estimate of drug-likeness (QED) is 0.930. The Balaban J connectivity index is 2.45. The van der Waals surface area contributed by atoms with Gasteiger partial charge in [-0.05, 0) is 24.0 Å². The van der Waals surface area contributed by atoms with Gasteiger partial charge in [0.25, 0.3) is 0 Å². The van der Waals surface area contributed by atoms with Crippen LogP contribution in [0.5, 0.6) is 11.6 Å². The fourth-order valence-corrected chi connectivity index (χ4v) is 2.02. The summed E-state index contributed by atoms with van der Waals surface area (Å²) in [6.07, 6.45) is 3.23. The molecular formula is C16H21N3O. The number of hydrogen-bond donors (Lipinski definition) is 1. The van der Waals surface area contributed by atoms with Crippen LogP contribution in [-0.4, -0.2) is 9.97 Å². The molecule has 0 saturated heterocycles. The second kappa shape index (κ2) is 5.59. The van der Waals surface area contributed by atoms with Crippen LogP contribution in [0.25, 0.3) is 0 Å². The van der Waals surface area contributed by atoms with Gasteiger partial charge in [0.15, 0.2) is 0 Å². The van der Waals surface area contributed by atoms with Crippen LogP contribution in [0, 0.1) is 6.92 Å². The van der Waals surface area contributed by atoms with Gasteiger partial charge in [-0.2, -0.15) is 0 Å². The van der Waals surface area contributed by atoms with Gasteiger partial charge in [-0.25, -0.2) is 4.98 Å². The number of aryl methyl sites for hydroxylation is 1. The van der Waals surface area contributed by atoms with Crippen molar-refractivity contribution in [1.29, 1.82) is 0 Å². The highest BCUT2D eigenvalue weighted by atomic mass is 16.5. The van der Waals surface area contributed by atoms with E-state index in [1.807, 2.05) is 13.0 Å². The van der Waals surface area contributed by atoms with Gasteiger partial charge in [0.2, 0.25) is 5.88 Å². The third-order valence-corrected chi connectivity index (χ3v) is 3.08. The molecule has 106 valence electrons. The van der Waals surface area contributed by atoms with Crippen molar-refractivity contribution in [2.75, 3.05) is 0 Å². The molecule has 1 heterocycles. The van der Waals surface area contributed by atoms with Crippen molar-refractivity contribution < 1.29 is 4.74 Å². The average Bonchev–Trinajstić information content (AvgIpc) is 2.38. The highest BCUT2D eigenvalue weighted by Gasteiger charge is 2.20. The molecule has 1 aromatic carbocycles. The van der Waals surface area contributed by atoms with E-state index >= 15 is 0 Å². The van der Waals surface area contributed by atoms with Crippen molar-refractivity contribution in [2.24, 2.45) is 5.73 Å². The lowest BCUT2D eigenvalue weighted by Crippen LogP contribution is -2.13. The van der Waals surface area contributed by atoms with Crippen LogP contribution in [0.4, 0.5) is 0 Å². The summed E-state index contributed by atoms with van der Waals surface area (Å²) in [4.78, 5) is 8.43. The number of nitrogens with zero attached hydrogens (tertiary/aromatic N) is 2. The van der Waals surface area contributed by atoms with E-state index in [0.717, 1.165) is 16.9 Å². The Kier molecular flexibility index (Phi) is 4.04. The molecule has 1 aromatic heterocycles. The predicted octanol–water partition coefficient (Wildman–Crippen LogP) is 3.33. The number of ether oxygens (including phenoxy) is 1. The number of aromatic nitrogens is 2. The van der Waals surface area contributed by atoms with Crippen LogP contribution < -0.4 is 10.5 Å². The zero-order chi connectivity index (χ0) is 14.8. The van der Waals surface area contributed by atoms with Gasteiger partial charge >= 0.3 is 0 Å². The summed E-state index contributed by atoms with van der Waals surface area (Å²) in [5.74, 6) is 1.29. The van der Waals surface area contributed by atoms with Crippen LogP contribution in [0.3, 0.4) is 0 Å². The van der Waals surface area contributed by atoms with Gasteiger partial charge in [0, 0.05) is 24.5 Å². The van der Waals surface area contributed by atoms with E-state index in [4.69, 9.17) is 10.5 Å². The number of nitrogens with two attached hydrogens (primary N) is 1. The maximum atomic E-state index is 5.99. The fraction of sp³-hybridized carbons (Fsp3) is 0.375. The third kappa shape index (κ3) is 3.14. The molecule has 0 aliphatic carbocycles. The van der Waals surface area contributed by atoms with Gasteiger partial charge in [0.1, 0.15) is 11.4 Å². The first-order chi connectivity index (χ1) is 9.41. The topological polar surface area (TPSA) is 61.0 Å². The average molecular weight is 271 g/mol. The first-order valence-corrected chi connectivity index (χ1v) is 6.71. The number of rotatable bonds is 3. The maximum Gasteiger partial charge on any atom is 0.242 e. The van der Waals surface area contributed by atoms with Gasteiger partial charge < -0.3 is 10.5 Å². The minimum atomic E-state index is -0.00583. The van der Waals surface area contributed by atoms with Crippen LogP contribution in [-0.2, 0) is 12.0 Å². The fourth-order valence-electron chi connectivity index (χ4n) is 2.02. The minimum Gasteiger partial charge on any atom is -0.437 e. The van der Waals surface area contributed by atoms with Gasteiger partial charge in [-0.1, -0.05) is 32.9 Å². The smallest absolute Gasteiger partial charge is 0.242 e. The summed E-state index contributed by atoms with van der Waals surface area (Å²) in [7, 11) is 0. The molecule has 0 saturated carbocycles. The largest absolute Gasteiger partial charge is 0.437 e. The SMILES string of the molecule is Cc1ccc(C(C)(C)C)c(Oc2nccnc2CN)c1. The van der Waals surface area contributed by atoms with Gasteiger partial charge in [-0.3, -0.25) is 4.98 Å². The Morgan fingerprint density at radius 3 is 2.50 bits per heavy atom. The lowest BCUT2D eigenvalue weighted by molar-refractivity contribution is 0.431. The standard InChI is InChI=1S/C16H21N3O/c1-11-5-6-12(16(2,3)4)14(9-11)20-15-13(10-17)18-7-8-19-15/h5-9H,10,17H2,1-4H3. The summed E-state index contributed by atoms with van der Waals surface area (Å²) in [6.45, 7) is 8.82. The zero-order valence-electron chi connectivity index (χ0n) is 12.5. The highest BCUT2D eigenvalue weighted by Crippen LogP contribution is 2.34. The molecule has 4 nitrogen and oxygen atoms in total. The molecule has 0 unspecified atom stereocenters. The van der Waals surface area contributed by atoms with Crippen molar-refractivity contribution in [3.05, 3.63) is 47.4 Å². The third-order valence-electron chi connectivity index (χ3n) is 3.08. The van der Waals surface area contributed by atoms with Gasteiger partial charge in [-0.15, -0.1) is 0 Å². The molecule has 2 rings (SSSR count). The van der Waals surface area contributed by atoms with E-state index < -0.39 is 0 Å². The molecule has 0 radical (unpaired) electrons. The molecule has 0 amide bonds. The molecule has 2 aromatic rings. The van der Waals surface area contributed by atoms with E-state index in [1.54, 1.807) is 12.4 Å². The number of benzene rings is 1. The Labute approximate surface area is 120 Å². The molecule has 20 heavy (non-hydrogen) atoms. The van der Waals surface area contributed by atoms with Crippen LogP contribution in [0.15, 0.2) is 30.6 Å². The van der Waals surface area contributed by atoms with Crippen LogP contribution in [0.1, 0.15) is 37.6 Å². The van der Waals surface area contributed by atoms with E-state index in [2.05, 4.69) is 42.9 Å². The Hall–Kier alpha value is -1.94. The molecular weight excluding hydrogens is 250 g/mol. The van der Waals surface area contributed by atoms with Crippen LogP contribution >= 0.6 is 0 Å². The summed E-state index contributed by atoms with van der Waals surface area (Å²) in [6, 6.07) is 6.21. The molecule has 0 aliphatic rings. The van der Waals surface area contributed by atoms with Crippen molar-refractivity contribution in [3.63, 3.8) is 0 Å². The van der Waals surface area contributed by atoms with E-state index in [1.165, 1.54) is 0 Å². The molecule has 4 heteroatoms.